The average molecular weight is 547 g/mol. The molecule has 6 nitrogen and oxygen atoms in total. The topological polar surface area (TPSA) is 67.9 Å². The smallest absolute Gasteiger partial charge is 0.270 e. The summed E-state index contributed by atoms with van der Waals surface area (Å²) in [5.74, 6) is -1.50. The van der Waals surface area contributed by atoms with E-state index in [-0.39, 0.29) is 28.0 Å². The maximum absolute atomic E-state index is 14.4. The predicted molar refractivity (Wildman–Crippen MR) is 149 cm³/mol. The van der Waals surface area contributed by atoms with Crippen LogP contribution in [0.4, 0.5) is 10.1 Å². The first-order valence-corrected chi connectivity index (χ1v) is 12.3. The fourth-order valence-corrected chi connectivity index (χ4v) is 4.76. The maximum atomic E-state index is 14.4. The standard InChI is InChI=1S/C29H20ClFN2O4S/c1-36-25-15-17(13-21-27(34)32-29(38)33(28(21)35)24-12-5-4-11-23(24)31)14-22(30)26(25)37-16-19-9-6-8-18-7-2-3-10-20(18)19/h2-15H,16H2,1H3,(H,32,34,38)/b21-13+. The number of benzene rings is 4. The van der Waals surface area contributed by atoms with Crippen molar-refractivity contribution in [3.05, 3.63) is 106 Å². The van der Waals surface area contributed by atoms with Gasteiger partial charge in [-0.2, -0.15) is 0 Å². The lowest BCUT2D eigenvalue weighted by atomic mass is 10.1. The minimum atomic E-state index is -0.768. The second kappa shape index (κ2) is 10.6. The lowest BCUT2D eigenvalue weighted by molar-refractivity contribution is -0.122. The summed E-state index contributed by atoms with van der Waals surface area (Å²) in [5.41, 5.74) is 1.07. The number of carbonyl (C=O) groups is 2. The molecule has 0 bridgehead atoms. The number of para-hydroxylation sites is 1. The van der Waals surface area contributed by atoms with Crippen LogP contribution in [0.3, 0.4) is 0 Å². The molecule has 4 aromatic rings. The van der Waals surface area contributed by atoms with Crippen molar-refractivity contribution in [1.82, 2.24) is 5.32 Å². The van der Waals surface area contributed by atoms with Crippen molar-refractivity contribution in [2.75, 3.05) is 12.0 Å². The van der Waals surface area contributed by atoms with E-state index in [1.807, 2.05) is 42.5 Å². The molecule has 9 heteroatoms. The Morgan fingerprint density at radius 3 is 2.55 bits per heavy atom. The summed E-state index contributed by atoms with van der Waals surface area (Å²) in [4.78, 5) is 26.8. The SMILES string of the molecule is COc1cc(/C=C2\C(=O)NC(=S)N(c3ccccc3F)C2=O)cc(Cl)c1OCc1cccc2ccccc12. The van der Waals surface area contributed by atoms with E-state index in [0.29, 0.717) is 17.1 Å². The van der Waals surface area contributed by atoms with Gasteiger partial charge in [-0.1, -0.05) is 66.2 Å². The summed E-state index contributed by atoms with van der Waals surface area (Å²) in [5, 5.41) is 4.60. The van der Waals surface area contributed by atoms with Gasteiger partial charge < -0.3 is 9.47 Å². The predicted octanol–water partition coefficient (Wildman–Crippen LogP) is 6.05. The number of halogens is 2. The lowest BCUT2D eigenvalue weighted by Crippen LogP contribution is -2.54. The number of amides is 2. The van der Waals surface area contributed by atoms with Crippen LogP contribution < -0.4 is 19.7 Å². The van der Waals surface area contributed by atoms with Gasteiger partial charge in [-0.15, -0.1) is 0 Å². The Balaban J connectivity index is 1.45. The zero-order valence-corrected chi connectivity index (χ0v) is 21.6. The summed E-state index contributed by atoms with van der Waals surface area (Å²) < 4.78 is 26.0. The number of hydrogen-bond donors (Lipinski definition) is 1. The van der Waals surface area contributed by atoms with Gasteiger partial charge in [-0.3, -0.25) is 14.9 Å². The highest BCUT2D eigenvalue weighted by Gasteiger charge is 2.35. The minimum absolute atomic E-state index is 0.0683. The monoisotopic (exact) mass is 546 g/mol. The molecule has 38 heavy (non-hydrogen) atoms. The largest absolute Gasteiger partial charge is 0.493 e. The maximum Gasteiger partial charge on any atom is 0.270 e. The molecule has 0 atom stereocenters. The molecule has 0 aromatic heterocycles. The van der Waals surface area contributed by atoms with E-state index in [9.17, 15) is 14.0 Å². The van der Waals surface area contributed by atoms with Crippen LogP contribution in [0.15, 0.2) is 84.4 Å². The molecule has 190 valence electrons. The molecule has 1 saturated heterocycles. The van der Waals surface area contributed by atoms with E-state index in [1.54, 1.807) is 18.2 Å². The number of rotatable bonds is 6. The molecule has 5 rings (SSSR count). The van der Waals surface area contributed by atoms with Crippen molar-refractivity contribution in [1.29, 1.82) is 0 Å². The highest BCUT2D eigenvalue weighted by Crippen LogP contribution is 2.38. The van der Waals surface area contributed by atoms with E-state index in [4.69, 9.17) is 33.3 Å². The van der Waals surface area contributed by atoms with E-state index < -0.39 is 17.6 Å². The van der Waals surface area contributed by atoms with E-state index in [0.717, 1.165) is 21.2 Å². The zero-order chi connectivity index (χ0) is 26.8. The van der Waals surface area contributed by atoms with E-state index in [2.05, 4.69) is 5.32 Å². The van der Waals surface area contributed by atoms with Gasteiger partial charge in [0.05, 0.1) is 17.8 Å². The van der Waals surface area contributed by atoms with Crippen molar-refractivity contribution in [2.45, 2.75) is 6.61 Å². The number of hydrogen-bond acceptors (Lipinski definition) is 5. The normalized spacial score (nSPS) is 14.7. The molecule has 1 N–H and O–H groups in total. The second-order valence-electron chi connectivity index (χ2n) is 8.37. The Hall–Kier alpha value is -4.27. The molecule has 1 fully saturated rings. The third-order valence-corrected chi connectivity index (χ3v) is 6.58. The molecular weight excluding hydrogens is 527 g/mol. The van der Waals surface area contributed by atoms with Gasteiger partial charge in [0.2, 0.25) is 0 Å². The van der Waals surface area contributed by atoms with Crippen LogP contribution in [0.5, 0.6) is 11.5 Å². The van der Waals surface area contributed by atoms with Crippen LogP contribution >= 0.6 is 23.8 Å². The fraction of sp³-hybridized carbons (Fsp3) is 0.0690. The summed E-state index contributed by atoms with van der Waals surface area (Å²) in [6, 6.07) is 22.7. The molecule has 0 saturated carbocycles. The van der Waals surface area contributed by atoms with E-state index in [1.165, 1.54) is 31.4 Å². The van der Waals surface area contributed by atoms with Crippen LogP contribution in [0, 0.1) is 5.82 Å². The molecular formula is C29H20ClFN2O4S. The third-order valence-electron chi connectivity index (χ3n) is 6.01. The number of methoxy groups -OCH3 is 1. The molecule has 1 aliphatic heterocycles. The van der Waals surface area contributed by atoms with Crippen molar-refractivity contribution in [2.24, 2.45) is 0 Å². The van der Waals surface area contributed by atoms with Gasteiger partial charge in [0.25, 0.3) is 11.8 Å². The number of fused-ring (bicyclic) bond motifs is 1. The number of anilines is 1. The third kappa shape index (κ3) is 4.83. The highest BCUT2D eigenvalue weighted by molar-refractivity contribution is 7.80. The Morgan fingerprint density at radius 2 is 1.76 bits per heavy atom. The Bertz CT molecular complexity index is 1630. The summed E-state index contributed by atoms with van der Waals surface area (Å²) in [6.07, 6.45) is 1.34. The van der Waals surface area contributed by atoms with Crippen LogP contribution in [0.1, 0.15) is 11.1 Å². The van der Waals surface area contributed by atoms with Gasteiger partial charge in [0, 0.05) is 0 Å². The first kappa shape index (κ1) is 25.4. The zero-order valence-electron chi connectivity index (χ0n) is 20.0. The number of nitrogens with zero attached hydrogens (tertiary/aromatic N) is 1. The Morgan fingerprint density at radius 1 is 1.03 bits per heavy atom. The van der Waals surface area contributed by atoms with Gasteiger partial charge in [0.15, 0.2) is 16.6 Å². The number of nitrogens with one attached hydrogen (secondary N) is 1. The number of thiocarbonyl (C=S) groups is 1. The highest BCUT2D eigenvalue weighted by atomic mass is 35.5. The molecule has 4 aromatic carbocycles. The molecule has 0 radical (unpaired) electrons. The first-order chi connectivity index (χ1) is 18.4. The molecule has 1 aliphatic rings. The quantitative estimate of drug-likeness (QED) is 0.181. The molecule has 0 spiro atoms. The Kier molecular flexibility index (Phi) is 7.09. The van der Waals surface area contributed by atoms with Crippen molar-refractivity contribution in [3.8, 4) is 11.5 Å². The van der Waals surface area contributed by atoms with Crippen LogP contribution in [0.25, 0.3) is 16.8 Å². The van der Waals surface area contributed by atoms with Crippen molar-refractivity contribution < 1.29 is 23.5 Å². The summed E-state index contributed by atoms with van der Waals surface area (Å²) in [7, 11) is 1.46. The van der Waals surface area contributed by atoms with E-state index >= 15 is 0 Å². The average Bonchev–Trinajstić information content (AvgIpc) is 2.91. The van der Waals surface area contributed by atoms with Crippen LogP contribution in [-0.2, 0) is 16.2 Å². The molecule has 1 heterocycles. The molecule has 2 amide bonds. The van der Waals surface area contributed by atoms with Crippen LogP contribution in [-0.4, -0.2) is 24.0 Å². The second-order valence-corrected chi connectivity index (χ2v) is 9.16. The van der Waals surface area contributed by atoms with Gasteiger partial charge in [0.1, 0.15) is 18.0 Å². The first-order valence-electron chi connectivity index (χ1n) is 11.5. The van der Waals surface area contributed by atoms with Crippen LogP contribution in [0.2, 0.25) is 5.02 Å². The lowest BCUT2D eigenvalue weighted by Gasteiger charge is -2.29. The van der Waals surface area contributed by atoms with Gasteiger partial charge in [-0.05, 0) is 64.5 Å². The number of carbonyl (C=O) groups excluding carboxylic acids is 2. The molecule has 0 unspecified atom stereocenters. The van der Waals surface area contributed by atoms with Crippen molar-refractivity contribution in [3.63, 3.8) is 0 Å². The summed E-state index contributed by atoms with van der Waals surface area (Å²) in [6.45, 7) is 0.244. The minimum Gasteiger partial charge on any atom is -0.493 e. The van der Waals surface area contributed by atoms with Gasteiger partial charge in [-0.25, -0.2) is 9.29 Å². The number of ether oxygens (including phenoxy) is 2. The fourth-order valence-electron chi connectivity index (χ4n) is 4.21. The van der Waals surface area contributed by atoms with Gasteiger partial charge >= 0.3 is 0 Å². The van der Waals surface area contributed by atoms with Crippen molar-refractivity contribution >= 4 is 63.3 Å². The Labute approximate surface area is 228 Å². The molecule has 0 aliphatic carbocycles. The summed E-state index contributed by atoms with van der Waals surface area (Å²) >= 11 is 11.7.